The molecule has 0 fully saturated rings. The van der Waals surface area contributed by atoms with Gasteiger partial charge in [0.15, 0.2) is 0 Å². The zero-order chi connectivity index (χ0) is 15.4. The molecule has 0 spiro atoms. The SMILES string of the molecule is O=C(Cc1nnc(-c2cnccn2)o1)Nc1cccc(F)c1. The number of carbonyl (C=O) groups excluding carboxylic acids is 1. The van der Waals surface area contributed by atoms with Crippen LogP contribution in [0.25, 0.3) is 11.6 Å². The standard InChI is InChI=1S/C14H10FN5O2/c15-9-2-1-3-10(6-9)18-12(21)7-13-19-20-14(22-13)11-8-16-4-5-17-11/h1-6,8H,7H2,(H,18,21). The van der Waals surface area contributed by atoms with Gasteiger partial charge in [-0.25, -0.2) is 9.37 Å². The number of hydrogen-bond acceptors (Lipinski definition) is 6. The minimum Gasteiger partial charge on any atom is -0.419 e. The first-order chi connectivity index (χ1) is 10.7. The van der Waals surface area contributed by atoms with Crippen molar-refractivity contribution in [3.8, 4) is 11.6 Å². The highest BCUT2D eigenvalue weighted by atomic mass is 19.1. The Kier molecular flexibility index (Phi) is 3.82. The molecule has 0 bridgehead atoms. The summed E-state index contributed by atoms with van der Waals surface area (Å²) in [6, 6.07) is 5.60. The van der Waals surface area contributed by atoms with E-state index in [1.165, 1.54) is 36.8 Å². The highest BCUT2D eigenvalue weighted by molar-refractivity contribution is 5.91. The molecule has 7 nitrogen and oxygen atoms in total. The van der Waals surface area contributed by atoms with Crippen molar-refractivity contribution < 1.29 is 13.6 Å². The summed E-state index contributed by atoms with van der Waals surface area (Å²) in [5, 5.41) is 10.1. The second-order valence-electron chi connectivity index (χ2n) is 4.33. The highest BCUT2D eigenvalue weighted by Crippen LogP contribution is 2.14. The molecule has 2 heterocycles. The molecule has 0 unspecified atom stereocenters. The number of anilines is 1. The van der Waals surface area contributed by atoms with Gasteiger partial charge in [-0.3, -0.25) is 9.78 Å². The lowest BCUT2D eigenvalue weighted by Crippen LogP contribution is -2.14. The number of amides is 1. The van der Waals surface area contributed by atoms with Crippen LogP contribution in [0.5, 0.6) is 0 Å². The summed E-state index contributed by atoms with van der Waals surface area (Å²) in [4.78, 5) is 19.8. The van der Waals surface area contributed by atoms with Crippen LogP contribution in [0.1, 0.15) is 5.89 Å². The highest BCUT2D eigenvalue weighted by Gasteiger charge is 2.13. The fraction of sp³-hybridized carbons (Fsp3) is 0.0714. The molecule has 0 aliphatic heterocycles. The Hall–Kier alpha value is -3.16. The second-order valence-corrected chi connectivity index (χ2v) is 4.33. The van der Waals surface area contributed by atoms with E-state index in [0.29, 0.717) is 11.4 Å². The topological polar surface area (TPSA) is 93.8 Å². The molecular weight excluding hydrogens is 289 g/mol. The number of benzene rings is 1. The van der Waals surface area contributed by atoms with Gasteiger partial charge in [-0.2, -0.15) is 0 Å². The molecule has 0 saturated carbocycles. The van der Waals surface area contributed by atoms with Crippen molar-refractivity contribution in [2.24, 2.45) is 0 Å². The van der Waals surface area contributed by atoms with Crippen LogP contribution in [-0.2, 0) is 11.2 Å². The first-order valence-electron chi connectivity index (χ1n) is 6.35. The van der Waals surface area contributed by atoms with E-state index in [9.17, 15) is 9.18 Å². The Balaban J connectivity index is 1.66. The van der Waals surface area contributed by atoms with Gasteiger partial charge < -0.3 is 9.73 Å². The third-order valence-corrected chi connectivity index (χ3v) is 2.67. The summed E-state index contributed by atoms with van der Waals surface area (Å²) < 4.78 is 18.4. The van der Waals surface area contributed by atoms with Gasteiger partial charge in [-0.05, 0) is 18.2 Å². The van der Waals surface area contributed by atoms with Crippen LogP contribution in [0, 0.1) is 5.82 Å². The summed E-state index contributed by atoms with van der Waals surface area (Å²) in [6.45, 7) is 0. The fourth-order valence-electron chi connectivity index (χ4n) is 1.75. The largest absolute Gasteiger partial charge is 0.419 e. The molecule has 0 saturated heterocycles. The van der Waals surface area contributed by atoms with Crippen molar-refractivity contribution >= 4 is 11.6 Å². The van der Waals surface area contributed by atoms with E-state index in [-0.39, 0.29) is 24.1 Å². The van der Waals surface area contributed by atoms with Gasteiger partial charge in [-0.1, -0.05) is 6.07 Å². The van der Waals surface area contributed by atoms with Crippen LogP contribution in [-0.4, -0.2) is 26.1 Å². The minimum atomic E-state index is -0.430. The molecule has 3 aromatic rings. The predicted molar refractivity (Wildman–Crippen MR) is 74.1 cm³/mol. The number of carbonyl (C=O) groups is 1. The van der Waals surface area contributed by atoms with Crippen molar-refractivity contribution in [1.82, 2.24) is 20.2 Å². The van der Waals surface area contributed by atoms with Gasteiger partial charge in [0.2, 0.25) is 11.8 Å². The lowest BCUT2D eigenvalue weighted by atomic mass is 10.3. The quantitative estimate of drug-likeness (QED) is 0.790. The molecule has 1 aromatic carbocycles. The summed E-state index contributed by atoms with van der Waals surface area (Å²) in [6.07, 6.45) is 4.37. The number of hydrogen-bond donors (Lipinski definition) is 1. The molecule has 1 N–H and O–H groups in total. The Morgan fingerprint density at radius 2 is 2.18 bits per heavy atom. The zero-order valence-corrected chi connectivity index (χ0v) is 11.2. The van der Waals surface area contributed by atoms with Gasteiger partial charge >= 0.3 is 0 Å². The van der Waals surface area contributed by atoms with Crippen molar-refractivity contribution in [1.29, 1.82) is 0 Å². The fourth-order valence-corrected chi connectivity index (χ4v) is 1.75. The van der Waals surface area contributed by atoms with E-state index >= 15 is 0 Å². The predicted octanol–water partition coefficient (Wildman–Crippen LogP) is 1.85. The average Bonchev–Trinajstić information content (AvgIpc) is 2.96. The molecule has 0 radical (unpaired) electrons. The summed E-state index contributed by atoms with van der Waals surface area (Å²) in [5.74, 6) is -0.503. The van der Waals surface area contributed by atoms with Crippen molar-refractivity contribution in [2.45, 2.75) is 6.42 Å². The van der Waals surface area contributed by atoms with Crippen LogP contribution in [0.15, 0.2) is 47.3 Å². The Labute approximate surface area is 124 Å². The lowest BCUT2D eigenvalue weighted by molar-refractivity contribution is -0.115. The van der Waals surface area contributed by atoms with E-state index in [0.717, 1.165) is 0 Å². The molecular formula is C14H10FN5O2. The lowest BCUT2D eigenvalue weighted by Gasteiger charge is -2.02. The van der Waals surface area contributed by atoms with Crippen molar-refractivity contribution in [3.05, 3.63) is 54.6 Å². The third-order valence-electron chi connectivity index (χ3n) is 2.67. The van der Waals surface area contributed by atoms with Gasteiger partial charge in [0.25, 0.3) is 5.89 Å². The average molecular weight is 299 g/mol. The molecule has 0 aliphatic rings. The van der Waals surface area contributed by atoms with Gasteiger partial charge in [0.05, 0.1) is 6.20 Å². The Morgan fingerprint density at radius 1 is 1.27 bits per heavy atom. The van der Waals surface area contributed by atoms with E-state index in [4.69, 9.17) is 4.42 Å². The zero-order valence-electron chi connectivity index (χ0n) is 11.2. The van der Waals surface area contributed by atoms with Crippen LogP contribution in [0.2, 0.25) is 0 Å². The number of nitrogens with zero attached hydrogens (tertiary/aromatic N) is 4. The summed E-state index contributed by atoms with van der Waals surface area (Å²) >= 11 is 0. The van der Waals surface area contributed by atoms with Crippen LogP contribution >= 0.6 is 0 Å². The molecule has 110 valence electrons. The molecule has 1 amide bonds. The van der Waals surface area contributed by atoms with Gasteiger partial charge in [0, 0.05) is 18.1 Å². The minimum absolute atomic E-state index is 0.121. The van der Waals surface area contributed by atoms with Crippen molar-refractivity contribution in [2.75, 3.05) is 5.32 Å². The molecule has 22 heavy (non-hydrogen) atoms. The Morgan fingerprint density at radius 3 is 2.95 bits per heavy atom. The molecule has 8 heteroatoms. The monoisotopic (exact) mass is 299 g/mol. The molecule has 0 atom stereocenters. The molecule has 2 aromatic heterocycles. The van der Waals surface area contributed by atoms with Crippen LogP contribution < -0.4 is 5.32 Å². The normalized spacial score (nSPS) is 10.4. The third kappa shape index (κ3) is 3.29. The number of halogens is 1. The first-order valence-corrected chi connectivity index (χ1v) is 6.35. The van der Waals surface area contributed by atoms with Crippen LogP contribution in [0.4, 0.5) is 10.1 Å². The van der Waals surface area contributed by atoms with Gasteiger partial charge in [0.1, 0.15) is 17.9 Å². The number of rotatable bonds is 4. The maximum atomic E-state index is 13.0. The maximum Gasteiger partial charge on any atom is 0.267 e. The van der Waals surface area contributed by atoms with Crippen molar-refractivity contribution in [3.63, 3.8) is 0 Å². The van der Waals surface area contributed by atoms with E-state index in [1.54, 1.807) is 6.07 Å². The smallest absolute Gasteiger partial charge is 0.267 e. The number of aromatic nitrogens is 4. The summed E-state index contributed by atoms with van der Waals surface area (Å²) in [7, 11) is 0. The van der Waals surface area contributed by atoms with E-state index in [1.807, 2.05) is 0 Å². The summed E-state index contributed by atoms with van der Waals surface area (Å²) in [5.41, 5.74) is 0.783. The van der Waals surface area contributed by atoms with Crippen LogP contribution in [0.3, 0.4) is 0 Å². The van der Waals surface area contributed by atoms with E-state index < -0.39 is 5.82 Å². The Bertz CT molecular complexity index is 791. The molecule has 3 rings (SSSR count). The maximum absolute atomic E-state index is 13.0. The van der Waals surface area contributed by atoms with Gasteiger partial charge in [-0.15, -0.1) is 10.2 Å². The second kappa shape index (κ2) is 6.08. The first kappa shape index (κ1) is 13.8. The molecule has 0 aliphatic carbocycles. The number of nitrogens with one attached hydrogen (secondary N) is 1. The van der Waals surface area contributed by atoms with E-state index in [2.05, 4.69) is 25.5 Å².